The van der Waals surface area contributed by atoms with Crippen LogP contribution in [0.25, 0.3) is 0 Å². The first-order valence-corrected chi connectivity index (χ1v) is 16.6. The molecule has 9 amide bonds. The highest BCUT2D eigenvalue weighted by atomic mass is 16.6. The first-order chi connectivity index (χ1) is 24.6. The predicted octanol–water partition coefficient (Wildman–Crippen LogP) is -1.92. The number of imide groups is 1. The first kappa shape index (κ1) is 40.4. The number of primary amides is 1. The van der Waals surface area contributed by atoms with Crippen LogP contribution in [-0.2, 0) is 44.9 Å². The van der Waals surface area contributed by atoms with E-state index in [0.29, 0.717) is 30.5 Å². The van der Waals surface area contributed by atoms with Gasteiger partial charge in [-0.2, -0.15) is 0 Å². The SMILES string of the molecule is C[C@H](NC(=O)CCCCCN1C(=O)C=CC1=O)C(=O)N[C@@H](C)C(=O)N[C@@H](CC(N)=O)C(=O)Nc1ccc(COC(=O)N2CCN(C(=O)[O-])CC2)cc1. The number of anilines is 1. The van der Waals surface area contributed by atoms with E-state index >= 15 is 0 Å². The molecule has 0 aliphatic carbocycles. The zero-order valence-electron chi connectivity index (χ0n) is 28.9. The summed E-state index contributed by atoms with van der Waals surface area (Å²) in [5, 5.41) is 20.9. The summed E-state index contributed by atoms with van der Waals surface area (Å²) in [5.41, 5.74) is 6.17. The number of carbonyl (C=O) groups excluding carboxylic acids is 9. The van der Waals surface area contributed by atoms with Gasteiger partial charge < -0.3 is 51.4 Å². The minimum atomic E-state index is -1.39. The van der Waals surface area contributed by atoms with E-state index in [2.05, 4.69) is 21.3 Å². The van der Waals surface area contributed by atoms with Crippen molar-refractivity contribution in [1.82, 2.24) is 30.7 Å². The summed E-state index contributed by atoms with van der Waals surface area (Å²) < 4.78 is 5.29. The Labute approximate surface area is 299 Å². The minimum absolute atomic E-state index is 0.0919. The molecule has 1 fully saturated rings. The van der Waals surface area contributed by atoms with Gasteiger partial charge in [0.15, 0.2) is 0 Å². The Morgan fingerprint density at radius 1 is 0.788 bits per heavy atom. The average Bonchev–Trinajstić information content (AvgIpc) is 3.42. The molecule has 3 atom stereocenters. The van der Waals surface area contributed by atoms with Crippen molar-refractivity contribution in [3.63, 3.8) is 0 Å². The number of nitrogens with one attached hydrogen (secondary N) is 4. The standard InChI is InChI=1S/C33H44N8O11/c1-20(35-26(43)6-4-3-5-13-41-27(44)11-12-28(41)45)29(46)36-21(2)30(47)38-24(18-25(34)42)31(48)37-23-9-7-22(8-10-23)19-52-33(51)40-16-14-39(15-17-40)32(49)50/h7-12,20-21,24H,3-6,13-19H2,1-2H3,(H2,34,42)(H,35,43)(H,36,46)(H,37,48)(H,38,47)(H,49,50)/p-1/t20-,21-,24-/m0/s1. The third-order valence-electron chi connectivity index (χ3n) is 8.13. The van der Waals surface area contributed by atoms with Crippen LogP contribution >= 0.6 is 0 Å². The maximum Gasteiger partial charge on any atom is 0.410 e. The number of nitrogens with two attached hydrogens (primary N) is 1. The number of carbonyl (C=O) groups is 9. The van der Waals surface area contributed by atoms with E-state index in [1.165, 1.54) is 43.0 Å². The van der Waals surface area contributed by atoms with Gasteiger partial charge in [-0.15, -0.1) is 0 Å². The maximum atomic E-state index is 13.0. The third-order valence-corrected chi connectivity index (χ3v) is 8.13. The topological polar surface area (TPSA) is 270 Å². The molecule has 0 bridgehead atoms. The molecule has 0 aromatic heterocycles. The lowest BCUT2D eigenvalue weighted by Crippen LogP contribution is -2.55. The normalized spacial score (nSPS) is 15.7. The highest BCUT2D eigenvalue weighted by Gasteiger charge is 2.28. The van der Waals surface area contributed by atoms with Gasteiger partial charge in [-0.25, -0.2) is 4.79 Å². The van der Waals surface area contributed by atoms with Gasteiger partial charge in [-0.1, -0.05) is 18.6 Å². The molecule has 282 valence electrons. The van der Waals surface area contributed by atoms with Crippen LogP contribution in [0.3, 0.4) is 0 Å². The number of hydrogen-bond donors (Lipinski definition) is 5. The second-order valence-electron chi connectivity index (χ2n) is 12.2. The summed E-state index contributed by atoms with van der Waals surface area (Å²) in [6.45, 7) is 3.51. The van der Waals surface area contributed by atoms with E-state index in [4.69, 9.17) is 10.5 Å². The van der Waals surface area contributed by atoms with E-state index in [0.717, 1.165) is 9.80 Å². The molecule has 6 N–H and O–H groups in total. The molecule has 3 rings (SSSR count). The summed E-state index contributed by atoms with van der Waals surface area (Å²) in [4.78, 5) is 113. The monoisotopic (exact) mass is 727 g/mol. The van der Waals surface area contributed by atoms with Crippen molar-refractivity contribution in [1.29, 1.82) is 0 Å². The van der Waals surface area contributed by atoms with Crippen LogP contribution in [0.2, 0.25) is 0 Å². The summed E-state index contributed by atoms with van der Waals surface area (Å²) in [6.07, 6.45) is 1.60. The maximum absolute atomic E-state index is 13.0. The van der Waals surface area contributed by atoms with Crippen molar-refractivity contribution >= 4 is 59.2 Å². The molecule has 0 spiro atoms. The zero-order chi connectivity index (χ0) is 38.4. The van der Waals surface area contributed by atoms with Gasteiger partial charge in [0.1, 0.15) is 30.8 Å². The fourth-order valence-electron chi connectivity index (χ4n) is 5.10. The molecule has 19 nitrogen and oxygen atoms in total. The first-order valence-electron chi connectivity index (χ1n) is 16.6. The number of unbranched alkanes of at least 4 members (excludes halogenated alkanes) is 2. The van der Waals surface area contributed by atoms with E-state index in [1.807, 2.05) is 0 Å². The molecule has 2 aliphatic rings. The van der Waals surface area contributed by atoms with Gasteiger partial charge in [0.2, 0.25) is 29.5 Å². The summed E-state index contributed by atoms with van der Waals surface area (Å²) in [6, 6.07) is 2.62. The van der Waals surface area contributed by atoms with Crippen molar-refractivity contribution < 1.29 is 53.0 Å². The molecule has 19 heteroatoms. The lowest BCUT2D eigenvalue weighted by atomic mass is 10.1. The summed E-state index contributed by atoms with van der Waals surface area (Å²) in [5.74, 6) is -4.25. The van der Waals surface area contributed by atoms with E-state index < -0.39 is 66.3 Å². The average molecular weight is 728 g/mol. The molecular weight excluding hydrogens is 684 g/mol. The second kappa shape index (κ2) is 19.4. The number of ether oxygens (including phenoxy) is 1. The van der Waals surface area contributed by atoms with Gasteiger partial charge in [0.05, 0.1) is 6.42 Å². The lowest BCUT2D eigenvalue weighted by molar-refractivity contribution is -0.266. The number of hydrogen-bond acceptors (Lipinski definition) is 11. The highest BCUT2D eigenvalue weighted by Crippen LogP contribution is 2.13. The summed E-state index contributed by atoms with van der Waals surface area (Å²) >= 11 is 0. The Hall–Kier alpha value is -6.01. The third kappa shape index (κ3) is 12.7. The highest BCUT2D eigenvalue weighted by molar-refractivity contribution is 6.12. The Bertz CT molecular complexity index is 1540. The minimum Gasteiger partial charge on any atom is -0.530 e. The van der Waals surface area contributed by atoms with Crippen molar-refractivity contribution in [2.24, 2.45) is 5.73 Å². The molecular formula is C33H43N8O11-. The molecule has 1 aromatic carbocycles. The van der Waals surface area contributed by atoms with Crippen LogP contribution < -0.4 is 32.1 Å². The fraction of sp³-hybridized carbons (Fsp3) is 0.485. The quantitative estimate of drug-likeness (QED) is 0.0872. The van der Waals surface area contributed by atoms with E-state index in [9.17, 15) is 48.3 Å². The van der Waals surface area contributed by atoms with Crippen LogP contribution in [-0.4, -0.2) is 119 Å². The van der Waals surface area contributed by atoms with Gasteiger partial charge in [-0.3, -0.25) is 38.5 Å². The molecule has 1 aromatic rings. The fourth-order valence-corrected chi connectivity index (χ4v) is 5.10. The molecule has 0 saturated carbocycles. The number of piperazine rings is 1. The van der Waals surface area contributed by atoms with Gasteiger partial charge in [-0.05, 0) is 44.4 Å². The van der Waals surface area contributed by atoms with E-state index in [-0.39, 0.29) is 57.6 Å². The van der Waals surface area contributed by atoms with Crippen molar-refractivity contribution in [3.05, 3.63) is 42.0 Å². The summed E-state index contributed by atoms with van der Waals surface area (Å²) in [7, 11) is 0. The number of amides is 9. The number of benzene rings is 1. The van der Waals surface area contributed by atoms with Crippen LogP contribution in [0.4, 0.5) is 15.3 Å². The van der Waals surface area contributed by atoms with Gasteiger partial charge in [0, 0.05) is 57.0 Å². The molecule has 2 heterocycles. The molecule has 0 unspecified atom stereocenters. The van der Waals surface area contributed by atoms with Crippen LogP contribution in [0.15, 0.2) is 36.4 Å². The van der Waals surface area contributed by atoms with Gasteiger partial charge in [0.25, 0.3) is 11.8 Å². The molecule has 52 heavy (non-hydrogen) atoms. The molecule has 1 saturated heterocycles. The molecule has 0 radical (unpaired) electrons. The van der Waals surface area contributed by atoms with Crippen molar-refractivity contribution in [3.8, 4) is 0 Å². The van der Waals surface area contributed by atoms with Crippen LogP contribution in [0.5, 0.6) is 0 Å². The Kier molecular flexibility index (Phi) is 15.1. The zero-order valence-corrected chi connectivity index (χ0v) is 28.9. The van der Waals surface area contributed by atoms with Gasteiger partial charge >= 0.3 is 6.09 Å². The Morgan fingerprint density at radius 2 is 1.37 bits per heavy atom. The molecule has 2 aliphatic heterocycles. The van der Waals surface area contributed by atoms with Crippen molar-refractivity contribution in [2.75, 3.05) is 38.0 Å². The second-order valence-corrected chi connectivity index (χ2v) is 12.2. The van der Waals surface area contributed by atoms with Crippen molar-refractivity contribution in [2.45, 2.75) is 70.7 Å². The van der Waals surface area contributed by atoms with Crippen LogP contribution in [0.1, 0.15) is 51.5 Å². The predicted molar refractivity (Wildman–Crippen MR) is 179 cm³/mol. The number of carboxylic acid groups (broad SMARTS) is 1. The smallest absolute Gasteiger partial charge is 0.410 e. The Morgan fingerprint density at radius 3 is 1.96 bits per heavy atom. The Balaban J connectivity index is 1.40. The lowest BCUT2D eigenvalue weighted by Gasteiger charge is -2.35. The van der Waals surface area contributed by atoms with E-state index in [1.54, 1.807) is 12.1 Å². The largest absolute Gasteiger partial charge is 0.530 e. The number of rotatable bonds is 17. The van der Waals surface area contributed by atoms with Crippen LogP contribution in [0, 0.1) is 0 Å². The number of nitrogens with zero attached hydrogens (tertiary/aromatic N) is 3.